The van der Waals surface area contributed by atoms with Crippen LogP contribution in [0.15, 0.2) is 36.0 Å². The van der Waals surface area contributed by atoms with Gasteiger partial charge in [0.05, 0.1) is 24.0 Å². The molecule has 7 nitrogen and oxygen atoms in total. The average molecular weight is 343 g/mol. The Morgan fingerprint density at radius 2 is 2.24 bits per heavy atom. The molecule has 1 unspecified atom stereocenters. The number of hydrogen-bond donors (Lipinski definition) is 2. The predicted octanol–water partition coefficient (Wildman–Crippen LogP) is 1.98. The molecule has 0 radical (unpaired) electrons. The SMILES string of the molecule is CCOC(=O)c1ccccc1N/C=C(/C#N)C(=O)NCC1CCCO1. The molecule has 1 aliphatic heterocycles. The maximum absolute atomic E-state index is 12.1. The number of esters is 1. The van der Waals surface area contributed by atoms with Crippen molar-refractivity contribution in [1.82, 2.24) is 5.32 Å². The largest absolute Gasteiger partial charge is 0.462 e. The van der Waals surface area contributed by atoms with Crippen LogP contribution in [0.25, 0.3) is 0 Å². The first kappa shape index (κ1) is 18.5. The summed E-state index contributed by atoms with van der Waals surface area (Å²) >= 11 is 0. The molecule has 0 spiro atoms. The summed E-state index contributed by atoms with van der Waals surface area (Å²) < 4.78 is 10.4. The fraction of sp³-hybridized carbons (Fsp3) is 0.389. The number of para-hydroxylation sites is 1. The van der Waals surface area contributed by atoms with Gasteiger partial charge in [-0.25, -0.2) is 4.79 Å². The van der Waals surface area contributed by atoms with Crippen molar-refractivity contribution in [3.05, 3.63) is 41.6 Å². The topological polar surface area (TPSA) is 100 Å². The Bertz CT molecular complexity index is 688. The van der Waals surface area contributed by atoms with Crippen LogP contribution in [0.2, 0.25) is 0 Å². The van der Waals surface area contributed by atoms with Crippen LogP contribution >= 0.6 is 0 Å². The molecule has 1 aromatic carbocycles. The van der Waals surface area contributed by atoms with E-state index in [1.807, 2.05) is 6.07 Å². The lowest BCUT2D eigenvalue weighted by Gasteiger charge is -2.11. The molecule has 0 saturated carbocycles. The second-order valence-electron chi connectivity index (χ2n) is 5.43. The molecule has 1 atom stereocenters. The van der Waals surface area contributed by atoms with Gasteiger partial charge in [0.15, 0.2) is 0 Å². The van der Waals surface area contributed by atoms with E-state index in [9.17, 15) is 14.9 Å². The Labute approximate surface area is 146 Å². The number of hydrogen-bond acceptors (Lipinski definition) is 6. The summed E-state index contributed by atoms with van der Waals surface area (Å²) in [6.45, 7) is 3.06. The minimum Gasteiger partial charge on any atom is -0.462 e. The van der Waals surface area contributed by atoms with Crippen LogP contribution in [-0.4, -0.2) is 37.7 Å². The zero-order chi connectivity index (χ0) is 18.1. The number of nitrogens with one attached hydrogen (secondary N) is 2. The van der Waals surface area contributed by atoms with Crippen LogP contribution in [0.3, 0.4) is 0 Å². The number of benzene rings is 1. The number of anilines is 1. The highest BCUT2D eigenvalue weighted by Gasteiger charge is 2.18. The fourth-order valence-electron chi connectivity index (χ4n) is 2.40. The molecule has 1 aliphatic rings. The third-order valence-electron chi connectivity index (χ3n) is 3.67. The third-order valence-corrected chi connectivity index (χ3v) is 3.67. The van der Waals surface area contributed by atoms with Gasteiger partial charge in [-0.1, -0.05) is 12.1 Å². The van der Waals surface area contributed by atoms with Gasteiger partial charge in [0, 0.05) is 19.4 Å². The van der Waals surface area contributed by atoms with E-state index in [2.05, 4.69) is 10.6 Å². The molecule has 7 heteroatoms. The normalized spacial score (nSPS) is 16.8. The molecular weight excluding hydrogens is 322 g/mol. The molecule has 1 heterocycles. The highest BCUT2D eigenvalue weighted by molar-refractivity contribution is 5.98. The van der Waals surface area contributed by atoms with Crippen LogP contribution < -0.4 is 10.6 Å². The van der Waals surface area contributed by atoms with E-state index >= 15 is 0 Å². The summed E-state index contributed by atoms with van der Waals surface area (Å²) in [6, 6.07) is 8.58. The first-order valence-electron chi connectivity index (χ1n) is 8.18. The molecule has 0 aliphatic carbocycles. The molecular formula is C18H21N3O4. The Kier molecular flexibility index (Phi) is 6.99. The van der Waals surface area contributed by atoms with Gasteiger partial charge < -0.3 is 20.1 Å². The molecule has 1 saturated heterocycles. The first-order chi connectivity index (χ1) is 12.2. The maximum Gasteiger partial charge on any atom is 0.340 e. The van der Waals surface area contributed by atoms with Gasteiger partial charge >= 0.3 is 5.97 Å². The number of rotatable bonds is 7. The Morgan fingerprint density at radius 1 is 1.44 bits per heavy atom. The molecule has 1 amide bonds. The minimum absolute atomic E-state index is 0.00129. The second-order valence-corrected chi connectivity index (χ2v) is 5.43. The summed E-state index contributed by atoms with van der Waals surface area (Å²) in [6.07, 6.45) is 3.16. The number of nitriles is 1. The lowest BCUT2D eigenvalue weighted by Crippen LogP contribution is -2.32. The maximum atomic E-state index is 12.1. The predicted molar refractivity (Wildman–Crippen MR) is 91.7 cm³/mol. The van der Waals surface area contributed by atoms with Gasteiger partial charge in [-0.2, -0.15) is 5.26 Å². The van der Waals surface area contributed by atoms with Crippen molar-refractivity contribution in [3.63, 3.8) is 0 Å². The fourth-order valence-corrected chi connectivity index (χ4v) is 2.40. The molecule has 25 heavy (non-hydrogen) atoms. The monoisotopic (exact) mass is 343 g/mol. The standard InChI is InChI=1S/C18H21N3O4/c1-2-24-18(23)15-7-3-4-8-16(15)20-11-13(10-19)17(22)21-12-14-6-5-9-25-14/h3-4,7-8,11,14,20H,2,5-6,9,12H2,1H3,(H,21,22)/b13-11-. The van der Waals surface area contributed by atoms with Gasteiger partial charge in [0.2, 0.25) is 0 Å². The summed E-state index contributed by atoms with van der Waals surface area (Å²) in [7, 11) is 0. The minimum atomic E-state index is -0.487. The van der Waals surface area contributed by atoms with E-state index in [4.69, 9.17) is 9.47 Å². The molecule has 1 aromatic rings. The van der Waals surface area contributed by atoms with Crippen LogP contribution in [0.4, 0.5) is 5.69 Å². The summed E-state index contributed by atoms with van der Waals surface area (Å²) in [5.74, 6) is -0.959. The molecule has 1 fully saturated rings. The number of ether oxygens (including phenoxy) is 2. The first-order valence-corrected chi connectivity index (χ1v) is 8.18. The summed E-state index contributed by atoms with van der Waals surface area (Å²) in [5.41, 5.74) is 0.704. The van der Waals surface area contributed by atoms with E-state index in [0.717, 1.165) is 12.8 Å². The van der Waals surface area contributed by atoms with Crippen molar-refractivity contribution in [3.8, 4) is 6.07 Å². The third kappa shape index (κ3) is 5.33. The van der Waals surface area contributed by atoms with E-state index in [1.54, 1.807) is 31.2 Å². The van der Waals surface area contributed by atoms with E-state index in [-0.39, 0.29) is 18.3 Å². The number of nitrogens with zero attached hydrogens (tertiary/aromatic N) is 1. The van der Waals surface area contributed by atoms with E-state index in [1.165, 1.54) is 6.20 Å². The van der Waals surface area contributed by atoms with Crippen molar-refractivity contribution in [2.45, 2.75) is 25.9 Å². The zero-order valence-electron chi connectivity index (χ0n) is 14.1. The Balaban J connectivity index is 2.01. The van der Waals surface area contributed by atoms with Crippen molar-refractivity contribution in [2.75, 3.05) is 25.1 Å². The molecule has 0 aromatic heterocycles. The summed E-state index contributed by atoms with van der Waals surface area (Å²) in [4.78, 5) is 24.0. The van der Waals surface area contributed by atoms with Crippen molar-refractivity contribution in [2.24, 2.45) is 0 Å². The number of carbonyl (C=O) groups is 2. The smallest absolute Gasteiger partial charge is 0.340 e. The molecule has 0 bridgehead atoms. The Morgan fingerprint density at radius 3 is 2.92 bits per heavy atom. The lowest BCUT2D eigenvalue weighted by molar-refractivity contribution is -0.117. The molecule has 2 N–H and O–H groups in total. The van der Waals surface area contributed by atoms with Crippen LogP contribution in [-0.2, 0) is 14.3 Å². The van der Waals surface area contributed by atoms with Crippen molar-refractivity contribution < 1.29 is 19.1 Å². The number of carbonyl (C=O) groups excluding carboxylic acids is 2. The van der Waals surface area contributed by atoms with Crippen molar-refractivity contribution >= 4 is 17.6 Å². The molecule has 2 rings (SSSR count). The molecule has 132 valence electrons. The van der Waals surface area contributed by atoms with Gasteiger partial charge in [0.25, 0.3) is 5.91 Å². The van der Waals surface area contributed by atoms with Crippen molar-refractivity contribution in [1.29, 1.82) is 5.26 Å². The van der Waals surface area contributed by atoms with Gasteiger partial charge in [-0.05, 0) is 31.9 Å². The van der Waals surface area contributed by atoms with Crippen LogP contribution in [0, 0.1) is 11.3 Å². The quantitative estimate of drug-likeness (QED) is 0.446. The van der Waals surface area contributed by atoms with Crippen LogP contribution in [0.5, 0.6) is 0 Å². The highest BCUT2D eigenvalue weighted by Crippen LogP contribution is 2.17. The number of amides is 1. The highest BCUT2D eigenvalue weighted by atomic mass is 16.5. The van der Waals surface area contributed by atoms with E-state index in [0.29, 0.717) is 24.4 Å². The van der Waals surface area contributed by atoms with Crippen LogP contribution in [0.1, 0.15) is 30.1 Å². The van der Waals surface area contributed by atoms with Gasteiger partial charge in [-0.3, -0.25) is 4.79 Å². The van der Waals surface area contributed by atoms with Gasteiger partial charge in [-0.15, -0.1) is 0 Å². The zero-order valence-corrected chi connectivity index (χ0v) is 14.1. The van der Waals surface area contributed by atoms with Gasteiger partial charge in [0.1, 0.15) is 11.6 Å². The Hall–Kier alpha value is -2.85. The second kappa shape index (κ2) is 9.45. The summed E-state index contributed by atoms with van der Waals surface area (Å²) in [5, 5.41) is 14.7. The average Bonchev–Trinajstić information content (AvgIpc) is 3.14. The lowest BCUT2D eigenvalue weighted by atomic mass is 10.1. The van der Waals surface area contributed by atoms with E-state index < -0.39 is 11.9 Å².